The van der Waals surface area contributed by atoms with Crippen LogP contribution in [-0.2, 0) is 4.74 Å². The van der Waals surface area contributed by atoms with E-state index in [1.54, 1.807) is 0 Å². The molecule has 0 rings (SSSR count). The fourth-order valence-corrected chi connectivity index (χ4v) is 0.491. The molecule has 0 aliphatic heterocycles. The quantitative estimate of drug-likeness (QED) is 0.654. The van der Waals surface area contributed by atoms with Crippen LogP contribution in [0.15, 0.2) is 0 Å². The number of hydrogen-bond acceptors (Lipinski definition) is 3. The van der Waals surface area contributed by atoms with Gasteiger partial charge in [0.25, 0.3) is 0 Å². The highest BCUT2D eigenvalue weighted by molar-refractivity contribution is 5.67. The summed E-state index contributed by atoms with van der Waals surface area (Å²) in [6, 6.07) is 0. The Labute approximate surface area is 73.2 Å². The smallest absolute Gasteiger partial charge is 0.422 e. The number of carbonyl (C=O) groups is 1. The third-order valence-corrected chi connectivity index (χ3v) is 1.02. The van der Waals surface area contributed by atoms with E-state index in [0.29, 0.717) is 13.0 Å². The Balaban J connectivity index is 3.41. The standard InChI is InChI=1S/C6H11F3N2O2/c7-6(8,9)4-13-5(12)11-3-1-2-10/h1-4,10H2,(H,11,12). The molecule has 7 heteroatoms. The van der Waals surface area contributed by atoms with E-state index < -0.39 is 18.9 Å². The molecule has 0 atom stereocenters. The van der Waals surface area contributed by atoms with E-state index in [2.05, 4.69) is 10.1 Å². The third kappa shape index (κ3) is 8.93. The molecule has 0 saturated carbocycles. The number of hydrogen-bond donors (Lipinski definition) is 2. The maximum absolute atomic E-state index is 11.5. The van der Waals surface area contributed by atoms with Crippen molar-refractivity contribution in [3.05, 3.63) is 0 Å². The second-order valence-corrected chi connectivity index (χ2v) is 2.26. The fraction of sp³-hybridized carbons (Fsp3) is 0.833. The van der Waals surface area contributed by atoms with Gasteiger partial charge in [0.15, 0.2) is 6.61 Å². The number of alkyl halides is 3. The Morgan fingerprint density at radius 1 is 1.46 bits per heavy atom. The van der Waals surface area contributed by atoms with Gasteiger partial charge in [-0.15, -0.1) is 0 Å². The third-order valence-electron chi connectivity index (χ3n) is 1.02. The number of rotatable bonds is 4. The van der Waals surface area contributed by atoms with Crippen LogP contribution in [0.4, 0.5) is 18.0 Å². The summed E-state index contributed by atoms with van der Waals surface area (Å²) in [5, 5.41) is 2.11. The Bertz CT molecular complexity index is 160. The molecule has 0 spiro atoms. The zero-order valence-corrected chi connectivity index (χ0v) is 6.86. The van der Waals surface area contributed by atoms with Crippen LogP contribution < -0.4 is 11.1 Å². The van der Waals surface area contributed by atoms with Gasteiger partial charge in [-0.3, -0.25) is 0 Å². The first-order valence-electron chi connectivity index (χ1n) is 3.63. The van der Waals surface area contributed by atoms with Crippen LogP contribution in [0, 0.1) is 0 Å². The maximum Gasteiger partial charge on any atom is 0.422 e. The van der Waals surface area contributed by atoms with Crippen LogP contribution in [0.2, 0.25) is 0 Å². The molecule has 0 fully saturated rings. The summed E-state index contributed by atoms with van der Waals surface area (Å²) in [7, 11) is 0. The molecule has 0 heterocycles. The molecular formula is C6H11F3N2O2. The van der Waals surface area contributed by atoms with Crippen molar-refractivity contribution in [2.45, 2.75) is 12.6 Å². The van der Waals surface area contributed by atoms with Crippen molar-refractivity contribution in [3.8, 4) is 0 Å². The van der Waals surface area contributed by atoms with E-state index in [1.807, 2.05) is 0 Å². The van der Waals surface area contributed by atoms with Crippen molar-refractivity contribution in [1.82, 2.24) is 5.32 Å². The predicted molar refractivity (Wildman–Crippen MR) is 39.1 cm³/mol. The number of alkyl carbamates (subject to hydrolysis) is 1. The largest absolute Gasteiger partial charge is 0.440 e. The van der Waals surface area contributed by atoms with E-state index in [-0.39, 0.29) is 6.54 Å². The highest BCUT2D eigenvalue weighted by Gasteiger charge is 2.29. The van der Waals surface area contributed by atoms with E-state index in [4.69, 9.17) is 5.73 Å². The molecule has 0 aromatic carbocycles. The number of nitrogens with two attached hydrogens (primary N) is 1. The van der Waals surface area contributed by atoms with Gasteiger partial charge in [0, 0.05) is 6.54 Å². The minimum Gasteiger partial charge on any atom is -0.440 e. The normalized spacial score (nSPS) is 11.1. The number of nitrogens with one attached hydrogen (secondary N) is 1. The van der Waals surface area contributed by atoms with Crippen LogP contribution in [0.3, 0.4) is 0 Å². The molecule has 78 valence electrons. The SMILES string of the molecule is NCCCNC(=O)OCC(F)(F)F. The molecule has 1 amide bonds. The van der Waals surface area contributed by atoms with Crippen molar-refractivity contribution in [2.75, 3.05) is 19.7 Å². The van der Waals surface area contributed by atoms with Crippen LogP contribution >= 0.6 is 0 Å². The molecule has 0 bridgehead atoms. The van der Waals surface area contributed by atoms with Gasteiger partial charge in [-0.2, -0.15) is 13.2 Å². The van der Waals surface area contributed by atoms with Gasteiger partial charge >= 0.3 is 12.3 Å². The molecule has 0 radical (unpaired) electrons. The van der Waals surface area contributed by atoms with Crippen LogP contribution in [0.1, 0.15) is 6.42 Å². The van der Waals surface area contributed by atoms with Gasteiger partial charge in [-0.1, -0.05) is 0 Å². The van der Waals surface area contributed by atoms with Crippen molar-refractivity contribution in [3.63, 3.8) is 0 Å². The van der Waals surface area contributed by atoms with E-state index in [9.17, 15) is 18.0 Å². The zero-order valence-electron chi connectivity index (χ0n) is 6.86. The summed E-state index contributed by atoms with van der Waals surface area (Å²) in [6.07, 6.45) is -5.06. The van der Waals surface area contributed by atoms with Crippen LogP contribution in [-0.4, -0.2) is 32.0 Å². The van der Waals surface area contributed by atoms with Gasteiger partial charge < -0.3 is 15.8 Å². The lowest BCUT2D eigenvalue weighted by atomic mass is 10.4. The number of ether oxygens (including phenoxy) is 1. The lowest BCUT2D eigenvalue weighted by molar-refractivity contribution is -0.160. The summed E-state index contributed by atoms with van der Waals surface area (Å²) < 4.78 is 38.3. The molecule has 0 unspecified atom stereocenters. The minimum absolute atomic E-state index is 0.215. The van der Waals surface area contributed by atoms with Crippen LogP contribution in [0.5, 0.6) is 0 Å². The molecular weight excluding hydrogens is 189 g/mol. The first kappa shape index (κ1) is 12.0. The molecule has 3 N–H and O–H groups in total. The lowest BCUT2D eigenvalue weighted by Gasteiger charge is -2.08. The number of amides is 1. The summed E-state index contributed by atoms with van der Waals surface area (Å²) >= 11 is 0. The van der Waals surface area contributed by atoms with Gasteiger partial charge in [0.2, 0.25) is 0 Å². The molecule has 0 aliphatic carbocycles. The molecule has 0 saturated heterocycles. The van der Waals surface area contributed by atoms with Crippen molar-refractivity contribution >= 4 is 6.09 Å². The van der Waals surface area contributed by atoms with Crippen LogP contribution in [0.25, 0.3) is 0 Å². The van der Waals surface area contributed by atoms with Crippen molar-refractivity contribution in [1.29, 1.82) is 0 Å². The molecule has 0 aromatic rings. The lowest BCUT2D eigenvalue weighted by Crippen LogP contribution is -2.30. The second kappa shape index (κ2) is 5.63. The molecule has 13 heavy (non-hydrogen) atoms. The maximum atomic E-state index is 11.5. The van der Waals surface area contributed by atoms with Crippen molar-refractivity contribution < 1.29 is 22.7 Å². The van der Waals surface area contributed by atoms with E-state index >= 15 is 0 Å². The molecule has 0 aromatic heterocycles. The summed E-state index contributed by atoms with van der Waals surface area (Å²) in [5.41, 5.74) is 5.09. The Hall–Kier alpha value is -0.980. The highest BCUT2D eigenvalue weighted by Crippen LogP contribution is 2.14. The molecule has 0 aliphatic rings. The first-order chi connectivity index (χ1) is 5.95. The zero-order chi connectivity index (χ0) is 10.3. The topological polar surface area (TPSA) is 64.3 Å². The Kier molecular flexibility index (Phi) is 5.20. The minimum atomic E-state index is -4.48. The first-order valence-corrected chi connectivity index (χ1v) is 3.63. The Morgan fingerprint density at radius 2 is 2.08 bits per heavy atom. The Morgan fingerprint density at radius 3 is 2.54 bits per heavy atom. The second-order valence-electron chi connectivity index (χ2n) is 2.26. The summed E-state index contributed by atoms with van der Waals surface area (Å²) in [4.78, 5) is 10.5. The van der Waals surface area contributed by atoms with E-state index in [0.717, 1.165) is 0 Å². The number of halogens is 3. The van der Waals surface area contributed by atoms with Gasteiger partial charge in [-0.25, -0.2) is 4.79 Å². The van der Waals surface area contributed by atoms with Crippen molar-refractivity contribution in [2.24, 2.45) is 5.73 Å². The van der Waals surface area contributed by atoms with E-state index in [1.165, 1.54) is 0 Å². The predicted octanol–water partition coefficient (Wildman–Crippen LogP) is 0.624. The van der Waals surface area contributed by atoms with Gasteiger partial charge in [0.1, 0.15) is 0 Å². The summed E-state index contributed by atoms with van der Waals surface area (Å²) in [5.74, 6) is 0. The average Bonchev–Trinajstić information content (AvgIpc) is 2.00. The monoisotopic (exact) mass is 200 g/mol. The highest BCUT2D eigenvalue weighted by atomic mass is 19.4. The average molecular weight is 200 g/mol. The van der Waals surface area contributed by atoms with Gasteiger partial charge in [-0.05, 0) is 13.0 Å². The fourth-order valence-electron chi connectivity index (χ4n) is 0.491. The molecule has 4 nitrogen and oxygen atoms in total. The summed E-state index contributed by atoms with van der Waals surface area (Å²) in [6.45, 7) is -0.992. The van der Waals surface area contributed by atoms with Gasteiger partial charge in [0.05, 0.1) is 0 Å². The number of carbonyl (C=O) groups excluding carboxylic acids is 1.